The van der Waals surface area contributed by atoms with Crippen LogP contribution in [0.2, 0.25) is 0 Å². The van der Waals surface area contributed by atoms with E-state index >= 15 is 0 Å². The van der Waals surface area contributed by atoms with Gasteiger partial charge in [0, 0.05) is 23.4 Å². The molecule has 210 valence electrons. The average molecular weight is 556 g/mol. The lowest BCUT2D eigenvalue weighted by Crippen LogP contribution is -2.60. The van der Waals surface area contributed by atoms with Crippen molar-refractivity contribution < 1.29 is 59.5 Å². The first-order valence-electron chi connectivity index (χ1n) is 12.2. The van der Waals surface area contributed by atoms with Gasteiger partial charge in [0.2, 0.25) is 12.0 Å². The van der Waals surface area contributed by atoms with E-state index in [1.165, 1.54) is 18.2 Å². The Morgan fingerprint density at radius 1 is 0.900 bits per heavy atom. The molecule has 13 nitrogen and oxygen atoms in total. The molecule has 13 heteroatoms. The van der Waals surface area contributed by atoms with Crippen LogP contribution in [-0.2, 0) is 11.2 Å². The van der Waals surface area contributed by atoms with Gasteiger partial charge in [-0.2, -0.15) is 0 Å². The van der Waals surface area contributed by atoms with Crippen LogP contribution < -0.4 is 15.1 Å². The van der Waals surface area contributed by atoms with E-state index in [1.54, 1.807) is 12.1 Å². The number of aromatic hydroxyl groups is 4. The number of hydrogen-bond donors (Lipinski definition) is 8. The Balaban J connectivity index is 1.55. The van der Waals surface area contributed by atoms with Gasteiger partial charge in [-0.05, 0) is 23.8 Å². The summed E-state index contributed by atoms with van der Waals surface area (Å²) in [5, 5.41) is 80.7. The zero-order chi connectivity index (χ0) is 28.5. The van der Waals surface area contributed by atoms with E-state index in [0.717, 1.165) is 6.07 Å². The summed E-state index contributed by atoms with van der Waals surface area (Å²) in [6.07, 6.45) is -8.37. The molecule has 0 aliphatic carbocycles. The fraction of sp³-hybridized carbons (Fsp3) is 0.296. The molecule has 0 unspecified atom stereocenters. The standard InChI is InChI=1S/C27H24O13/c28-8-17-21(32)23(34)24(35)27(40-17)39-15-7-16-19(18-12(26(36)38-16)5-13(30)20(31)22(18)33)25-11(15)6-14(37-25)9-1-3-10(29)4-2-9/h1-5,7,14,17,21,23-24,27-35H,6,8H2/t14-,17+,21+,23-,24+,27+/m0/s1. The average Bonchev–Trinajstić information content (AvgIpc) is 3.38. The maximum absolute atomic E-state index is 12.8. The maximum Gasteiger partial charge on any atom is 0.344 e. The van der Waals surface area contributed by atoms with Gasteiger partial charge in [0.1, 0.15) is 53.4 Å². The molecule has 8 N–H and O–H groups in total. The van der Waals surface area contributed by atoms with Crippen molar-refractivity contribution in [3.8, 4) is 34.5 Å². The summed E-state index contributed by atoms with van der Waals surface area (Å²) in [5.74, 6) is -2.26. The van der Waals surface area contributed by atoms with Crippen molar-refractivity contribution >= 4 is 21.7 Å². The van der Waals surface area contributed by atoms with Gasteiger partial charge in [-0.25, -0.2) is 4.79 Å². The fourth-order valence-electron chi connectivity index (χ4n) is 5.15. The lowest BCUT2D eigenvalue weighted by molar-refractivity contribution is -0.277. The second-order valence-corrected chi connectivity index (χ2v) is 9.68. The number of ether oxygens (including phenoxy) is 3. The Bertz CT molecular complexity index is 1680. The van der Waals surface area contributed by atoms with Crippen LogP contribution in [0.1, 0.15) is 17.2 Å². The van der Waals surface area contributed by atoms with Crippen molar-refractivity contribution in [1.29, 1.82) is 0 Å². The number of aliphatic hydroxyl groups excluding tert-OH is 4. The Kier molecular flexibility index (Phi) is 6.12. The highest BCUT2D eigenvalue weighted by Gasteiger charge is 2.45. The maximum atomic E-state index is 12.8. The third-order valence-corrected chi connectivity index (χ3v) is 7.24. The largest absolute Gasteiger partial charge is 0.508 e. The van der Waals surface area contributed by atoms with E-state index in [-0.39, 0.29) is 45.4 Å². The Labute approximate surface area is 223 Å². The zero-order valence-electron chi connectivity index (χ0n) is 20.5. The summed E-state index contributed by atoms with van der Waals surface area (Å²) >= 11 is 0. The molecule has 1 aromatic heterocycles. The summed E-state index contributed by atoms with van der Waals surface area (Å²) in [6.45, 7) is -0.677. The molecule has 3 heterocycles. The number of phenols is 4. The van der Waals surface area contributed by atoms with Crippen LogP contribution in [0.25, 0.3) is 21.7 Å². The fourth-order valence-corrected chi connectivity index (χ4v) is 5.15. The number of rotatable bonds is 4. The van der Waals surface area contributed by atoms with Crippen molar-refractivity contribution in [2.75, 3.05) is 6.61 Å². The first-order valence-corrected chi connectivity index (χ1v) is 12.2. The molecule has 2 aliphatic rings. The number of benzene rings is 3. The van der Waals surface area contributed by atoms with Crippen LogP contribution >= 0.6 is 0 Å². The van der Waals surface area contributed by atoms with E-state index in [0.29, 0.717) is 11.1 Å². The third-order valence-electron chi connectivity index (χ3n) is 7.24. The molecule has 6 atom stereocenters. The molecule has 4 aromatic rings. The lowest BCUT2D eigenvalue weighted by atomic mass is 9.98. The van der Waals surface area contributed by atoms with Gasteiger partial charge in [0.25, 0.3) is 0 Å². The molecule has 1 fully saturated rings. The van der Waals surface area contributed by atoms with Crippen LogP contribution in [0.3, 0.4) is 0 Å². The van der Waals surface area contributed by atoms with Gasteiger partial charge in [-0.1, -0.05) is 12.1 Å². The second-order valence-electron chi connectivity index (χ2n) is 9.68. The highest BCUT2D eigenvalue weighted by molar-refractivity contribution is 6.13. The van der Waals surface area contributed by atoms with Crippen LogP contribution in [0.4, 0.5) is 0 Å². The van der Waals surface area contributed by atoms with Gasteiger partial charge in [0.15, 0.2) is 11.5 Å². The monoisotopic (exact) mass is 556 g/mol. The first kappa shape index (κ1) is 26.0. The van der Waals surface area contributed by atoms with Crippen LogP contribution in [-0.4, -0.2) is 78.2 Å². The second kappa shape index (κ2) is 9.43. The van der Waals surface area contributed by atoms with Crippen LogP contribution in [0, 0.1) is 0 Å². The smallest absolute Gasteiger partial charge is 0.344 e. The van der Waals surface area contributed by atoms with Gasteiger partial charge < -0.3 is 59.5 Å². The predicted molar refractivity (Wildman–Crippen MR) is 135 cm³/mol. The molecule has 0 radical (unpaired) electrons. The van der Waals surface area contributed by atoms with E-state index in [9.17, 15) is 45.6 Å². The highest BCUT2D eigenvalue weighted by atomic mass is 16.7. The van der Waals surface area contributed by atoms with Crippen LogP contribution in [0.5, 0.6) is 34.5 Å². The van der Waals surface area contributed by atoms with Gasteiger partial charge in [0.05, 0.1) is 17.4 Å². The normalized spacial score (nSPS) is 26.1. The van der Waals surface area contributed by atoms with Gasteiger partial charge in [-0.3, -0.25) is 0 Å². The van der Waals surface area contributed by atoms with Crippen molar-refractivity contribution in [3.63, 3.8) is 0 Å². The molecular weight excluding hydrogens is 532 g/mol. The van der Waals surface area contributed by atoms with Crippen LogP contribution in [0.15, 0.2) is 45.6 Å². The summed E-state index contributed by atoms with van der Waals surface area (Å²) in [4.78, 5) is 12.8. The number of fused-ring (bicyclic) bond motifs is 5. The Morgan fingerprint density at radius 2 is 1.62 bits per heavy atom. The van der Waals surface area contributed by atoms with Crippen molar-refractivity contribution in [2.24, 2.45) is 0 Å². The molecule has 0 amide bonds. The van der Waals surface area contributed by atoms with E-state index in [2.05, 4.69) is 0 Å². The molecule has 6 rings (SSSR count). The molecule has 3 aromatic carbocycles. The molecule has 1 saturated heterocycles. The minimum Gasteiger partial charge on any atom is -0.508 e. The quantitative estimate of drug-likeness (QED) is 0.0983. The lowest BCUT2D eigenvalue weighted by Gasteiger charge is -2.39. The predicted octanol–water partition coefficient (Wildman–Crippen LogP) is 0.623. The highest BCUT2D eigenvalue weighted by Crippen LogP contribution is 2.52. The van der Waals surface area contributed by atoms with E-state index in [4.69, 9.17) is 18.6 Å². The van der Waals surface area contributed by atoms with Gasteiger partial charge >= 0.3 is 5.63 Å². The van der Waals surface area contributed by atoms with Crippen molar-refractivity contribution in [1.82, 2.24) is 0 Å². The molecule has 0 saturated carbocycles. The topological polar surface area (TPSA) is 220 Å². The summed E-state index contributed by atoms with van der Waals surface area (Å²) in [6, 6.07) is 8.42. The first-order chi connectivity index (χ1) is 19.1. The molecule has 0 spiro atoms. The summed E-state index contributed by atoms with van der Waals surface area (Å²) in [5.41, 5.74) is -0.0977. The zero-order valence-corrected chi connectivity index (χ0v) is 20.5. The number of hydrogen-bond acceptors (Lipinski definition) is 13. The molecule has 40 heavy (non-hydrogen) atoms. The molecule has 0 bridgehead atoms. The summed E-state index contributed by atoms with van der Waals surface area (Å²) < 4.78 is 23.1. The SMILES string of the molecule is O=c1oc2cc(O[C@@H]3O[C@H](CO)[C@@H](O)[C@H](O)[C@H]3O)c3c(c2c2c(O)c(O)c(O)cc12)O[C@H](c1ccc(O)cc1)C3. The third kappa shape index (κ3) is 3.94. The van der Waals surface area contributed by atoms with Crippen molar-refractivity contribution in [2.45, 2.75) is 43.2 Å². The molecule has 2 aliphatic heterocycles. The number of aliphatic hydroxyl groups is 4. The van der Waals surface area contributed by atoms with Crippen molar-refractivity contribution in [3.05, 3.63) is 57.9 Å². The molecular formula is C27H24O13. The Morgan fingerprint density at radius 3 is 2.33 bits per heavy atom. The van der Waals surface area contributed by atoms with E-state index in [1.807, 2.05) is 0 Å². The Hall–Kier alpha value is -4.27. The minimum atomic E-state index is -1.73. The minimum absolute atomic E-state index is 0.00176. The number of phenolic OH excluding ortho intramolecular Hbond substituents is 4. The summed E-state index contributed by atoms with van der Waals surface area (Å²) in [7, 11) is 0. The van der Waals surface area contributed by atoms with Gasteiger partial charge in [-0.15, -0.1) is 0 Å². The van der Waals surface area contributed by atoms with E-state index < -0.39 is 66.3 Å².